The van der Waals surface area contributed by atoms with E-state index in [0.717, 1.165) is 6.54 Å². The third-order valence-electron chi connectivity index (χ3n) is 4.01. The summed E-state index contributed by atoms with van der Waals surface area (Å²) in [5.74, 6) is -0.339. The van der Waals surface area contributed by atoms with Crippen molar-refractivity contribution in [2.45, 2.75) is 45.9 Å². The van der Waals surface area contributed by atoms with Crippen LogP contribution in [0, 0.1) is 5.92 Å². The molecule has 24 heavy (non-hydrogen) atoms. The highest BCUT2D eigenvalue weighted by Gasteiger charge is 2.28. The molecule has 1 N–H and O–H groups in total. The number of halogens is 2. The highest BCUT2D eigenvalue weighted by molar-refractivity contribution is 5.94. The first-order valence-corrected chi connectivity index (χ1v) is 8.24. The van der Waals surface area contributed by atoms with E-state index >= 15 is 0 Å². The molecule has 6 nitrogen and oxygen atoms in total. The van der Waals surface area contributed by atoms with Crippen LogP contribution in [0.15, 0.2) is 6.20 Å². The summed E-state index contributed by atoms with van der Waals surface area (Å²) < 4.78 is 33.5. The number of aromatic nitrogens is 2. The first kappa shape index (κ1) is 18.8. The topological polar surface area (TPSA) is 59.4 Å². The third kappa shape index (κ3) is 4.73. The summed E-state index contributed by atoms with van der Waals surface area (Å²) in [4.78, 5) is 14.5. The lowest BCUT2D eigenvalue weighted by Crippen LogP contribution is -2.51. The number of carbonyl (C=O) groups is 1. The SMILES string of the molecule is CC(C)Cn1cc(C(F)F)c(C(=O)N[C@H](C)[C@H]2CN(C)CCO2)n1. The Labute approximate surface area is 141 Å². The minimum absolute atomic E-state index is 0.166. The van der Waals surface area contributed by atoms with Gasteiger partial charge in [0.15, 0.2) is 5.69 Å². The second kappa shape index (κ2) is 8.02. The molecule has 2 heterocycles. The molecular weight excluding hydrogens is 318 g/mol. The van der Waals surface area contributed by atoms with Gasteiger partial charge >= 0.3 is 0 Å². The Hall–Kier alpha value is -1.54. The number of hydrogen-bond acceptors (Lipinski definition) is 4. The monoisotopic (exact) mass is 344 g/mol. The van der Waals surface area contributed by atoms with E-state index < -0.39 is 12.3 Å². The van der Waals surface area contributed by atoms with E-state index in [9.17, 15) is 13.6 Å². The molecule has 1 fully saturated rings. The Kier molecular flexibility index (Phi) is 6.28. The molecule has 8 heteroatoms. The van der Waals surface area contributed by atoms with Crippen molar-refractivity contribution in [3.63, 3.8) is 0 Å². The van der Waals surface area contributed by atoms with Crippen LogP contribution in [0.1, 0.15) is 43.2 Å². The van der Waals surface area contributed by atoms with Crippen molar-refractivity contribution in [2.24, 2.45) is 5.92 Å². The predicted octanol–water partition coefficient (Wildman–Crippen LogP) is 1.93. The number of nitrogens with one attached hydrogen (secondary N) is 1. The van der Waals surface area contributed by atoms with E-state index in [1.54, 1.807) is 0 Å². The number of amides is 1. The number of carbonyl (C=O) groups excluding carboxylic acids is 1. The van der Waals surface area contributed by atoms with E-state index in [1.165, 1.54) is 10.9 Å². The largest absolute Gasteiger partial charge is 0.373 e. The molecule has 1 aliphatic heterocycles. The van der Waals surface area contributed by atoms with Crippen LogP contribution in [0.4, 0.5) is 8.78 Å². The quantitative estimate of drug-likeness (QED) is 0.857. The lowest BCUT2D eigenvalue weighted by Gasteiger charge is -2.33. The third-order valence-corrected chi connectivity index (χ3v) is 4.01. The van der Waals surface area contributed by atoms with Crippen molar-refractivity contribution in [1.82, 2.24) is 20.0 Å². The molecule has 136 valence electrons. The van der Waals surface area contributed by atoms with Crippen LogP contribution in [0.25, 0.3) is 0 Å². The summed E-state index contributed by atoms with van der Waals surface area (Å²) in [6.07, 6.45) is -1.64. The number of rotatable bonds is 6. The fraction of sp³-hybridized carbons (Fsp3) is 0.750. The van der Waals surface area contributed by atoms with E-state index in [2.05, 4.69) is 15.3 Å². The summed E-state index contributed by atoms with van der Waals surface area (Å²) in [6.45, 7) is 8.34. The summed E-state index contributed by atoms with van der Waals surface area (Å²) in [6, 6.07) is -0.291. The molecule has 1 aromatic heterocycles. The van der Waals surface area contributed by atoms with Gasteiger partial charge in [-0.05, 0) is 19.9 Å². The number of likely N-dealkylation sites (N-methyl/N-ethyl adjacent to an activating group) is 1. The number of hydrogen-bond donors (Lipinski definition) is 1. The fourth-order valence-corrected chi connectivity index (χ4v) is 2.72. The molecule has 1 amide bonds. The summed E-state index contributed by atoms with van der Waals surface area (Å²) in [7, 11) is 1.98. The molecule has 1 aromatic rings. The molecule has 2 rings (SSSR count). The molecule has 0 aliphatic carbocycles. The van der Waals surface area contributed by atoms with Crippen molar-refractivity contribution in [3.05, 3.63) is 17.5 Å². The van der Waals surface area contributed by atoms with Crippen LogP contribution < -0.4 is 5.32 Å². The average molecular weight is 344 g/mol. The number of morpholine rings is 1. The predicted molar refractivity (Wildman–Crippen MR) is 86.2 cm³/mol. The molecule has 0 bridgehead atoms. The van der Waals surface area contributed by atoms with E-state index in [1.807, 2.05) is 27.8 Å². The molecule has 0 unspecified atom stereocenters. The van der Waals surface area contributed by atoms with Crippen LogP contribution in [0.5, 0.6) is 0 Å². The van der Waals surface area contributed by atoms with Gasteiger partial charge in [0.2, 0.25) is 0 Å². The van der Waals surface area contributed by atoms with Crippen LogP contribution in [0.2, 0.25) is 0 Å². The fourth-order valence-electron chi connectivity index (χ4n) is 2.72. The van der Waals surface area contributed by atoms with Gasteiger partial charge in [-0.2, -0.15) is 5.10 Å². The smallest absolute Gasteiger partial charge is 0.272 e. The molecule has 1 aliphatic rings. The zero-order valence-electron chi connectivity index (χ0n) is 14.6. The van der Waals surface area contributed by atoms with Gasteiger partial charge in [0.25, 0.3) is 12.3 Å². The maximum atomic E-state index is 13.2. The minimum atomic E-state index is -2.74. The van der Waals surface area contributed by atoms with E-state index in [0.29, 0.717) is 19.7 Å². The maximum Gasteiger partial charge on any atom is 0.272 e. The Balaban J connectivity index is 2.09. The minimum Gasteiger partial charge on any atom is -0.373 e. The number of ether oxygens (including phenoxy) is 1. The lowest BCUT2D eigenvalue weighted by molar-refractivity contribution is -0.0342. The van der Waals surface area contributed by atoms with Gasteiger partial charge in [-0.25, -0.2) is 8.78 Å². The Bertz CT molecular complexity index is 562. The first-order valence-electron chi connectivity index (χ1n) is 8.24. The molecule has 0 saturated carbocycles. The van der Waals surface area contributed by atoms with E-state index in [4.69, 9.17) is 4.74 Å². The Morgan fingerprint density at radius 2 is 2.17 bits per heavy atom. The first-order chi connectivity index (χ1) is 11.3. The van der Waals surface area contributed by atoms with Gasteiger partial charge in [-0.1, -0.05) is 13.8 Å². The zero-order valence-corrected chi connectivity index (χ0v) is 14.6. The Morgan fingerprint density at radius 1 is 1.46 bits per heavy atom. The van der Waals surface area contributed by atoms with Gasteiger partial charge in [0, 0.05) is 25.8 Å². The van der Waals surface area contributed by atoms with Gasteiger partial charge in [-0.3, -0.25) is 9.48 Å². The van der Waals surface area contributed by atoms with Crippen LogP contribution >= 0.6 is 0 Å². The van der Waals surface area contributed by atoms with Gasteiger partial charge < -0.3 is 15.0 Å². The lowest BCUT2D eigenvalue weighted by atomic mass is 10.1. The normalized spacial score (nSPS) is 20.6. The summed E-state index contributed by atoms with van der Waals surface area (Å²) in [5.41, 5.74) is -0.538. The zero-order chi connectivity index (χ0) is 17.9. The van der Waals surface area contributed by atoms with E-state index in [-0.39, 0.29) is 29.3 Å². The van der Waals surface area contributed by atoms with Gasteiger partial charge in [0.1, 0.15) is 0 Å². The summed E-state index contributed by atoms with van der Waals surface area (Å²) >= 11 is 0. The number of alkyl halides is 2. The number of nitrogens with zero attached hydrogens (tertiary/aromatic N) is 3. The van der Waals surface area contributed by atoms with Crippen molar-refractivity contribution in [1.29, 1.82) is 0 Å². The molecule has 0 spiro atoms. The second-order valence-corrected chi connectivity index (χ2v) is 6.78. The standard InChI is InChI=1S/C16H26F2N4O2/c1-10(2)7-22-8-12(15(17)18)14(20-22)16(23)19-11(3)13-9-21(4)5-6-24-13/h8,10-11,13,15H,5-7,9H2,1-4H3,(H,19,23)/t11-,13-/m1/s1. The molecular formula is C16H26F2N4O2. The van der Waals surface area contributed by atoms with Crippen molar-refractivity contribution in [2.75, 3.05) is 26.7 Å². The van der Waals surface area contributed by atoms with Crippen molar-refractivity contribution in [3.8, 4) is 0 Å². The second-order valence-electron chi connectivity index (χ2n) is 6.78. The summed E-state index contributed by atoms with van der Waals surface area (Å²) in [5, 5.41) is 6.81. The maximum absolute atomic E-state index is 13.2. The highest BCUT2D eigenvalue weighted by atomic mass is 19.3. The van der Waals surface area contributed by atoms with Crippen molar-refractivity contribution >= 4 is 5.91 Å². The average Bonchev–Trinajstić information content (AvgIpc) is 2.90. The van der Waals surface area contributed by atoms with Crippen LogP contribution in [0.3, 0.4) is 0 Å². The molecule has 1 saturated heterocycles. The highest BCUT2D eigenvalue weighted by Crippen LogP contribution is 2.23. The van der Waals surface area contributed by atoms with Gasteiger partial charge in [-0.15, -0.1) is 0 Å². The molecule has 2 atom stereocenters. The van der Waals surface area contributed by atoms with Crippen molar-refractivity contribution < 1.29 is 18.3 Å². The van der Waals surface area contributed by atoms with Gasteiger partial charge in [0.05, 0.1) is 24.3 Å². The molecule has 0 aromatic carbocycles. The Morgan fingerprint density at radius 3 is 2.75 bits per heavy atom. The van der Waals surface area contributed by atoms with Crippen LogP contribution in [-0.4, -0.2) is 59.5 Å². The molecule has 0 radical (unpaired) electrons. The van der Waals surface area contributed by atoms with Crippen LogP contribution in [-0.2, 0) is 11.3 Å².